The summed E-state index contributed by atoms with van der Waals surface area (Å²) in [6.45, 7) is 5.63. The minimum Gasteiger partial charge on any atom is -0.454 e. The highest BCUT2D eigenvalue weighted by Crippen LogP contribution is 2.26. The molecule has 1 rings (SSSR count). The first-order valence-corrected chi connectivity index (χ1v) is 30.4. The van der Waals surface area contributed by atoms with Crippen molar-refractivity contribution in [3.63, 3.8) is 0 Å². The highest BCUT2D eigenvalue weighted by atomic mass is 16.7. The number of hydrogen-bond donors (Lipinski definition) is 6. The van der Waals surface area contributed by atoms with Crippen molar-refractivity contribution in [2.24, 2.45) is 0 Å². The van der Waals surface area contributed by atoms with Gasteiger partial charge in [0, 0.05) is 12.8 Å². The number of carbonyl (C=O) groups is 2. The molecule has 432 valence electrons. The number of allylic oxidation sites excluding steroid dienone is 12. The summed E-state index contributed by atoms with van der Waals surface area (Å²) in [6, 6.07) is -1.07. The molecule has 1 heterocycles. The summed E-state index contributed by atoms with van der Waals surface area (Å²) < 4.78 is 17.6. The summed E-state index contributed by atoms with van der Waals surface area (Å²) in [4.78, 5) is 26.5. The summed E-state index contributed by atoms with van der Waals surface area (Å²) in [5, 5.41) is 56.8. The van der Waals surface area contributed by atoms with Gasteiger partial charge in [-0.3, -0.25) is 9.59 Å². The van der Waals surface area contributed by atoms with E-state index in [0.29, 0.717) is 12.8 Å². The molecule has 11 heteroatoms. The van der Waals surface area contributed by atoms with Crippen molar-refractivity contribution < 1.29 is 49.3 Å². The molecule has 6 N–H and O–H groups in total. The molecule has 8 atom stereocenters. The maximum atomic E-state index is 13.4. The molecule has 0 aromatic heterocycles. The Morgan fingerprint density at radius 2 is 0.947 bits per heavy atom. The quantitative estimate of drug-likeness (QED) is 0.0195. The van der Waals surface area contributed by atoms with Gasteiger partial charge in [0.25, 0.3) is 0 Å². The molecule has 75 heavy (non-hydrogen) atoms. The highest BCUT2D eigenvalue weighted by molar-refractivity contribution is 5.81. The van der Waals surface area contributed by atoms with E-state index in [1.807, 2.05) is 18.2 Å². The summed E-state index contributed by atoms with van der Waals surface area (Å²) in [5.74, 6) is -1.28. The number of carbonyl (C=O) groups excluding carboxylic acids is 2. The standard InChI is InChI=1S/C64H111NO10/c1-4-7-10-13-16-19-22-25-27-28-29-31-33-36-39-42-45-48-51-57(68)63(72)65-55(56(67)50-47-44-41-38-35-32-24-21-18-15-12-9-6-3)54-73-64-62(61(71)60(70)58(53-66)74-64)75-59(69)52-49-46-43-40-37-34-30-26-23-20-17-14-11-8-5-2/h7,10,16,19,25,27,29,31,36,39,45,47-48,50,55-58,60-62,64,66-68,70-71H,4-6,8-9,11-15,17-18,20-24,26,28,30,32-35,37-38,40-44,46,49,51-54H2,1-3H3,(H,65,72)/b10-7-,19-16-,27-25-,31-29-,39-36-,48-45-,50-47+. The molecule has 0 spiro atoms. The van der Waals surface area contributed by atoms with E-state index in [4.69, 9.17) is 14.2 Å². The number of unbranched alkanes of at least 4 members (excludes halogenated alkanes) is 25. The van der Waals surface area contributed by atoms with E-state index in [1.165, 1.54) is 122 Å². The van der Waals surface area contributed by atoms with Crippen molar-refractivity contribution >= 4 is 11.9 Å². The number of esters is 1. The van der Waals surface area contributed by atoms with Crippen LogP contribution in [0.1, 0.15) is 245 Å². The van der Waals surface area contributed by atoms with Gasteiger partial charge in [0.2, 0.25) is 5.91 Å². The van der Waals surface area contributed by atoms with Crippen LogP contribution in [0.15, 0.2) is 85.1 Å². The van der Waals surface area contributed by atoms with Gasteiger partial charge in [-0.05, 0) is 57.8 Å². The van der Waals surface area contributed by atoms with Gasteiger partial charge in [0.1, 0.15) is 24.4 Å². The van der Waals surface area contributed by atoms with E-state index in [0.717, 1.165) is 77.0 Å². The molecule has 0 aromatic rings. The first-order valence-electron chi connectivity index (χ1n) is 30.4. The Morgan fingerprint density at radius 1 is 0.533 bits per heavy atom. The third kappa shape index (κ3) is 39.8. The lowest BCUT2D eigenvalue weighted by molar-refractivity contribution is -0.305. The van der Waals surface area contributed by atoms with Crippen LogP contribution in [0.2, 0.25) is 0 Å². The number of aliphatic hydroxyl groups excluding tert-OH is 5. The zero-order valence-electron chi connectivity index (χ0n) is 47.6. The molecule has 1 aliphatic rings. The number of aliphatic hydroxyl groups is 5. The number of ether oxygens (including phenoxy) is 3. The van der Waals surface area contributed by atoms with E-state index < -0.39 is 67.4 Å². The van der Waals surface area contributed by atoms with Gasteiger partial charge in [0.15, 0.2) is 12.4 Å². The van der Waals surface area contributed by atoms with Crippen LogP contribution in [0.4, 0.5) is 0 Å². The molecule has 1 saturated heterocycles. The maximum absolute atomic E-state index is 13.4. The summed E-state index contributed by atoms with van der Waals surface area (Å²) in [7, 11) is 0. The molecule has 1 aliphatic heterocycles. The Hall–Kier alpha value is -3.16. The van der Waals surface area contributed by atoms with Crippen molar-refractivity contribution in [1.82, 2.24) is 5.32 Å². The molecule has 1 fully saturated rings. The smallest absolute Gasteiger partial charge is 0.306 e. The second kappa shape index (κ2) is 51.6. The number of hydrogen-bond acceptors (Lipinski definition) is 10. The fourth-order valence-corrected chi connectivity index (χ4v) is 9.02. The van der Waals surface area contributed by atoms with Crippen LogP contribution in [-0.4, -0.2) is 99.6 Å². The molecule has 0 saturated carbocycles. The van der Waals surface area contributed by atoms with Gasteiger partial charge in [0.05, 0.1) is 25.4 Å². The van der Waals surface area contributed by atoms with Gasteiger partial charge in [-0.15, -0.1) is 0 Å². The second-order valence-corrected chi connectivity index (χ2v) is 20.7. The van der Waals surface area contributed by atoms with Crippen LogP contribution in [0.5, 0.6) is 0 Å². The molecule has 0 bridgehead atoms. The molecular formula is C64H111NO10. The Bertz CT molecular complexity index is 1540. The first-order chi connectivity index (χ1) is 36.7. The van der Waals surface area contributed by atoms with E-state index in [1.54, 1.807) is 12.2 Å². The van der Waals surface area contributed by atoms with Crippen molar-refractivity contribution in [2.45, 2.75) is 294 Å². The Kier molecular flexibility index (Phi) is 48.0. The van der Waals surface area contributed by atoms with Crippen LogP contribution in [0.3, 0.4) is 0 Å². The molecular weight excluding hydrogens is 943 g/mol. The first kappa shape index (κ1) is 69.9. The number of nitrogens with one attached hydrogen (secondary N) is 1. The zero-order valence-corrected chi connectivity index (χ0v) is 47.6. The molecule has 1 amide bonds. The third-order valence-electron chi connectivity index (χ3n) is 13.8. The lowest BCUT2D eigenvalue weighted by atomic mass is 9.99. The van der Waals surface area contributed by atoms with Gasteiger partial charge < -0.3 is 45.1 Å². The van der Waals surface area contributed by atoms with Gasteiger partial charge in [-0.1, -0.05) is 260 Å². The van der Waals surface area contributed by atoms with Crippen LogP contribution in [-0.2, 0) is 23.8 Å². The van der Waals surface area contributed by atoms with Gasteiger partial charge >= 0.3 is 5.97 Å². The number of amides is 1. The minimum absolute atomic E-state index is 0.0558. The highest BCUT2D eigenvalue weighted by Gasteiger charge is 2.47. The largest absolute Gasteiger partial charge is 0.454 e. The lowest BCUT2D eigenvalue weighted by Gasteiger charge is -2.41. The zero-order chi connectivity index (χ0) is 54.7. The topological polar surface area (TPSA) is 175 Å². The second-order valence-electron chi connectivity index (χ2n) is 20.7. The van der Waals surface area contributed by atoms with Crippen LogP contribution in [0.25, 0.3) is 0 Å². The number of rotatable bonds is 50. The average molecular weight is 1050 g/mol. The van der Waals surface area contributed by atoms with E-state index in [9.17, 15) is 35.1 Å². The van der Waals surface area contributed by atoms with Crippen LogP contribution < -0.4 is 5.32 Å². The van der Waals surface area contributed by atoms with Crippen LogP contribution in [0, 0.1) is 0 Å². The van der Waals surface area contributed by atoms with Crippen molar-refractivity contribution in [3.8, 4) is 0 Å². The summed E-state index contributed by atoms with van der Waals surface area (Å²) >= 11 is 0. The van der Waals surface area contributed by atoms with E-state index >= 15 is 0 Å². The molecule has 8 unspecified atom stereocenters. The maximum Gasteiger partial charge on any atom is 0.306 e. The van der Waals surface area contributed by atoms with Gasteiger partial charge in [-0.25, -0.2) is 0 Å². The normalized spacial score (nSPS) is 19.8. The molecule has 11 nitrogen and oxygen atoms in total. The summed E-state index contributed by atoms with van der Waals surface area (Å²) in [6.07, 6.45) is 56.4. The minimum atomic E-state index is -1.63. The predicted molar refractivity (Wildman–Crippen MR) is 310 cm³/mol. The fraction of sp³-hybridized carbons (Fsp3) is 0.750. The average Bonchev–Trinajstić information content (AvgIpc) is 3.41. The fourth-order valence-electron chi connectivity index (χ4n) is 9.02. The Balaban J connectivity index is 2.77. The predicted octanol–water partition coefficient (Wildman–Crippen LogP) is 14.2. The Morgan fingerprint density at radius 3 is 1.39 bits per heavy atom. The Labute approximate surface area is 457 Å². The monoisotopic (exact) mass is 1050 g/mol. The molecule has 0 radical (unpaired) electrons. The molecule has 0 aliphatic carbocycles. The van der Waals surface area contributed by atoms with Gasteiger partial charge in [-0.2, -0.15) is 0 Å². The molecule has 0 aromatic carbocycles. The SMILES string of the molecule is CC/C=C\C/C=C\C/C=C\C/C=C\C/C=C\C/C=C\CC(O)C(=O)NC(COC1OC(CO)C(O)C(O)C1OC(=O)CCCCCCCCCCCCCCCCC)C(O)/C=C/CCCCCCCCCCCCC. The lowest BCUT2D eigenvalue weighted by Crippen LogP contribution is -2.61. The summed E-state index contributed by atoms with van der Waals surface area (Å²) in [5.41, 5.74) is 0. The third-order valence-corrected chi connectivity index (χ3v) is 13.8. The van der Waals surface area contributed by atoms with E-state index in [-0.39, 0.29) is 19.4 Å². The van der Waals surface area contributed by atoms with Crippen LogP contribution >= 0.6 is 0 Å². The van der Waals surface area contributed by atoms with Crippen molar-refractivity contribution in [1.29, 1.82) is 0 Å². The van der Waals surface area contributed by atoms with E-state index in [2.05, 4.69) is 80.8 Å². The van der Waals surface area contributed by atoms with Crippen molar-refractivity contribution in [2.75, 3.05) is 13.2 Å². The van der Waals surface area contributed by atoms with Crippen molar-refractivity contribution in [3.05, 3.63) is 85.1 Å².